The van der Waals surface area contributed by atoms with E-state index in [1.807, 2.05) is 14.1 Å². The highest BCUT2D eigenvalue weighted by atomic mass is 35.5. The summed E-state index contributed by atoms with van der Waals surface area (Å²) in [7, 11) is 2.52. The first-order valence-corrected chi connectivity index (χ1v) is 16.7. The van der Waals surface area contributed by atoms with Crippen LogP contribution in [0.15, 0.2) is 46.8 Å². The number of anilines is 2. The number of nitrogens with zero attached hydrogens (tertiary/aromatic N) is 3. The van der Waals surface area contributed by atoms with Crippen LogP contribution in [0.2, 0.25) is 5.02 Å². The van der Waals surface area contributed by atoms with E-state index in [0.717, 1.165) is 40.6 Å². The summed E-state index contributed by atoms with van der Waals surface area (Å²) in [5.41, 5.74) is 0.865. The number of alkyl halides is 2. The summed E-state index contributed by atoms with van der Waals surface area (Å²) in [5, 5.41) is 5.30. The molecule has 2 saturated carbocycles. The number of methoxy groups -OCH3 is 2. The van der Waals surface area contributed by atoms with Gasteiger partial charge in [0.1, 0.15) is 26.5 Å². The van der Waals surface area contributed by atoms with E-state index < -0.39 is 25.1 Å². The Morgan fingerprint density at radius 2 is 1.93 bits per heavy atom. The van der Waals surface area contributed by atoms with E-state index in [-0.39, 0.29) is 34.7 Å². The van der Waals surface area contributed by atoms with Crippen LogP contribution in [0.5, 0.6) is 11.5 Å². The molecule has 0 spiro atoms. The van der Waals surface area contributed by atoms with Gasteiger partial charge in [-0.15, -0.1) is 34.5 Å². The van der Waals surface area contributed by atoms with Crippen LogP contribution in [0.1, 0.15) is 24.8 Å². The number of sulfonamides is 1. The fraction of sp³-hybridized carbons (Fsp3) is 0.464. The first kappa shape index (κ1) is 31.4. The Hall–Kier alpha value is -2.02. The zero-order valence-electron chi connectivity index (χ0n) is 23.5. The van der Waals surface area contributed by atoms with Gasteiger partial charge in [0.15, 0.2) is 5.13 Å². The minimum atomic E-state index is -4.44. The standard InChI is InChI=1S/C28H32Cl3FN4O4S2/c1-35(2)24-11-19-17(14-28(19,30)31)9-23(24)34-22-13-21(32)26(12-20(22)29)42(37,38)36(27-33-7-8-41-27)15-16-5-6-18(39-3)10-25(16)40-4/h5-8,10,12-13,17,19,23-24,34H,9,11,14-15H2,1-4H3/t17-,19?,23?,24-/m0/s1. The van der Waals surface area contributed by atoms with E-state index in [0.29, 0.717) is 35.1 Å². The second kappa shape index (κ2) is 12.2. The molecule has 2 fully saturated rings. The third-order valence-electron chi connectivity index (χ3n) is 8.20. The summed E-state index contributed by atoms with van der Waals surface area (Å²) in [6.45, 7) is -0.155. The third kappa shape index (κ3) is 6.01. The van der Waals surface area contributed by atoms with E-state index in [4.69, 9.17) is 44.3 Å². The van der Waals surface area contributed by atoms with Crippen molar-refractivity contribution in [3.05, 3.63) is 58.3 Å². The van der Waals surface area contributed by atoms with E-state index in [1.165, 1.54) is 20.4 Å². The number of benzene rings is 2. The number of thiazole rings is 1. The number of likely N-dealkylation sites (N-methyl/N-ethyl adjacent to an activating group) is 1. The molecule has 0 saturated heterocycles. The molecule has 2 aromatic carbocycles. The highest BCUT2D eigenvalue weighted by Gasteiger charge is 2.56. The van der Waals surface area contributed by atoms with Crippen molar-refractivity contribution in [1.29, 1.82) is 0 Å². The van der Waals surface area contributed by atoms with E-state index in [9.17, 15) is 8.42 Å². The number of halogens is 4. The maximum atomic E-state index is 15.8. The van der Waals surface area contributed by atoms with Gasteiger partial charge in [-0.3, -0.25) is 0 Å². The summed E-state index contributed by atoms with van der Waals surface area (Å²) in [6, 6.07) is 7.36. The van der Waals surface area contributed by atoms with Gasteiger partial charge in [-0.2, -0.15) is 0 Å². The molecule has 42 heavy (non-hydrogen) atoms. The molecule has 0 radical (unpaired) electrons. The summed E-state index contributed by atoms with van der Waals surface area (Å²) in [6.07, 6.45) is 3.76. The van der Waals surface area contributed by atoms with Crippen LogP contribution in [-0.4, -0.2) is 63.0 Å². The molecule has 1 N–H and O–H groups in total. The Morgan fingerprint density at radius 1 is 1.17 bits per heavy atom. The lowest BCUT2D eigenvalue weighted by molar-refractivity contribution is 0.0407. The number of hydrogen-bond acceptors (Lipinski definition) is 8. The zero-order valence-corrected chi connectivity index (χ0v) is 27.4. The molecule has 4 atom stereocenters. The van der Waals surface area contributed by atoms with Crippen LogP contribution < -0.4 is 19.1 Å². The van der Waals surface area contributed by atoms with E-state index >= 15 is 4.39 Å². The predicted octanol–water partition coefficient (Wildman–Crippen LogP) is 6.66. The first-order chi connectivity index (χ1) is 19.8. The van der Waals surface area contributed by atoms with Crippen LogP contribution in [0.4, 0.5) is 15.2 Å². The first-order valence-electron chi connectivity index (χ1n) is 13.3. The molecular formula is C28H32Cl3FN4O4S2. The average Bonchev–Trinajstić information content (AvgIpc) is 3.47. The zero-order chi connectivity index (χ0) is 30.4. The lowest BCUT2D eigenvalue weighted by atomic mass is 9.61. The topological polar surface area (TPSA) is 84.0 Å². The number of ether oxygens (including phenoxy) is 2. The minimum absolute atomic E-state index is 0.0561. The molecule has 2 aliphatic rings. The fourth-order valence-electron chi connectivity index (χ4n) is 5.96. The molecule has 3 aromatic rings. The minimum Gasteiger partial charge on any atom is -0.497 e. The Kier molecular flexibility index (Phi) is 9.10. The second-order valence-corrected chi connectivity index (χ2v) is 15.5. The van der Waals surface area contributed by atoms with Gasteiger partial charge in [-0.1, -0.05) is 11.6 Å². The lowest BCUT2D eigenvalue weighted by Gasteiger charge is -2.55. The molecule has 228 valence electrons. The summed E-state index contributed by atoms with van der Waals surface area (Å²) >= 11 is 20.7. The number of rotatable bonds is 10. The van der Waals surface area contributed by atoms with Gasteiger partial charge in [-0.25, -0.2) is 22.1 Å². The molecule has 0 bridgehead atoms. The number of nitrogens with one attached hydrogen (secondary N) is 1. The van der Waals surface area contributed by atoms with Crippen LogP contribution in [0.25, 0.3) is 0 Å². The molecule has 1 heterocycles. The van der Waals surface area contributed by atoms with Gasteiger partial charge >= 0.3 is 0 Å². The molecular weight excluding hydrogens is 646 g/mol. The van der Waals surface area contributed by atoms with Crippen molar-refractivity contribution in [3.8, 4) is 11.5 Å². The van der Waals surface area contributed by atoms with Crippen molar-refractivity contribution < 1.29 is 22.3 Å². The van der Waals surface area contributed by atoms with Crippen LogP contribution in [0.3, 0.4) is 0 Å². The Labute approximate surface area is 264 Å². The van der Waals surface area contributed by atoms with Crippen LogP contribution in [0, 0.1) is 17.7 Å². The molecule has 2 unspecified atom stereocenters. The molecule has 1 aromatic heterocycles. The maximum absolute atomic E-state index is 15.8. The van der Waals surface area contributed by atoms with Crippen molar-refractivity contribution in [2.45, 2.75) is 47.1 Å². The molecule has 8 nitrogen and oxygen atoms in total. The van der Waals surface area contributed by atoms with E-state index in [1.54, 1.807) is 23.6 Å². The summed E-state index contributed by atoms with van der Waals surface area (Å²) in [5.74, 6) is 0.573. The number of aromatic nitrogens is 1. The van der Waals surface area contributed by atoms with E-state index in [2.05, 4.69) is 15.2 Å². The summed E-state index contributed by atoms with van der Waals surface area (Å²) in [4.78, 5) is 5.74. The number of hydrogen-bond donors (Lipinski definition) is 1. The van der Waals surface area contributed by atoms with Gasteiger partial charge < -0.3 is 19.7 Å². The fourth-order valence-corrected chi connectivity index (χ4v) is 9.52. The van der Waals surface area contributed by atoms with Crippen molar-refractivity contribution in [3.63, 3.8) is 0 Å². The highest BCUT2D eigenvalue weighted by Crippen LogP contribution is 2.58. The Balaban J connectivity index is 1.45. The smallest absolute Gasteiger partial charge is 0.269 e. The molecule has 0 amide bonds. The normalized spacial score (nSPS) is 23.2. The highest BCUT2D eigenvalue weighted by molar-refractivity contribution is 7.93. The number of fused-ring (bicyclic) bond motifs is 1. The Morgan fingerprint density at radius 3 is 2.55 bits per heavy atom. The molecule has 14 heteroatoms. The van der Waals surface area contributed by atoms with Crippen molar-refractivity contribution in [2.75, 3.05) is 37.9 Å². The Bertz CT molecular complexity index is 1540. The summed E-state index contributed by atoms with van der Waals surface area (Å²) < 4.78 is 54.8. The van der Waals surface area contributed by atoms with Crippen molar-refractivity contribution in [1.82, 2.24) is 9.88 Å². The largest absolute Gasteiger partial charge is 0.497 e. The quantitative estimate of drug-likeness (QED) is 0.240. The molecule has 0 aliphatic heterocycles. The monoisotopic (exact) mass is 676 g/mol. The maximum Gasteiger partial charge on any atom is 0.269 e. The van der Waals surface area contributed by atoms with Gasteiger partial charge in [0.05, 0.1) is 31.5 Å². The SMILES string of the molecule is COc1ccc(CN(c2nccs2)S(=O)(=O)c2cc(Cl)c(NC3C[C@H]4CC(Cl)(Cl)C4C[C@@H]3N(C)C)cc2F)c(OC)c1. The molecule has 2 aliphatic carbocycles. The van der Waals surface area contributed by atoms with Gasteiger partial charge in [-0.05, 0) is 69.5 Å². The third-order valence-corrected chi connectivity index (χ3v) is 12.0. The van der Waals surface area contributed by atoms with Gasteiger partial charge in [0, 0.05) is 35.3 Å². The molecule has 5 rings (SSSR count). The van der Waals surface area contributed by atoms with Crippen molar-refractivity contribution in [2.24, 2.45) is 11.8 Å². The lowest BCUT2D eigenvalue weighted by Crippen LogP contribution is -2.59. The van der Waals surface area contributed by atoms with Gasteiger partial charge in [0.25, 0.3) is 10.0 Å². The second-order valence-electron chi connectivity index (χ2n) is 10.9. The van der Waals surface area contributed by atoms with Crippen molar-refractivity contribution >= 4 is 67.0 Å². The van der Waals surface area contributed by atoms with Crippen LogP contribution >= 0.6 is 46.1 Å². The predicted molar refractivity (Wildman–Crippen MR) is 167 cm³/mol. The van der Waals surface area contributed by atoms with Crippen LogP contribution in [-0.2, 0) is 16.6 Å². The van der Waals surface area contributed by atoms with Gasteiger partial charge in [0.2, 0.25) is 0 Å². The average molecular weight is 678 g/mol.